The number of hydrogen-bond acceptors (Lipinski definition) is 1. The van der Waals surface area contributed by atoms with E-state index in [2.05, 4.69) is 46.8 Å². The molecule has 0 spiro atoms. The molecule has 4 aromatic rings. The number of nitrogens with one attached hydrogen (secondary N) is 3. The number of carbonyl (C=O) groups excluding carboxylic acids is 1. The molecule has 2 amide bonds. The molecule has 0 fully saturated rings. The second kappa shape index (κ2) is 7.79. The van der Waals surface area contributed by atoms with Gasteiger partial charge in [-0.05, 0) is 36.2 Å². The predicted molar refractivity (Wildman–Crippen MR) is 117 cm³/mol. The fourth-order valence-corrected chi connectivity index (χ4v) is 3.43. The SMILES string of the molecule is CCc1ccc(-c2[nH]c3ccccc3c2NC(=O)Nc2cccc(Cl)c2)cc1. The van der Waals surface area contributed by atoms with Gasteiger partial charge in [-0.3, -0.25) is 0 Å². The van der Waals surface area contributed by atoms with Crippen LogP contribution in [0, 0.1) is 0 Å². The van der Waals surface area contributed by atoms with Crippen molar-refractivity contribution in [2.24, 2.45) is 0 Å². The summed E-state index contributed by atoms with van der Waals surface area (Å²) < 4.78 is 0. The van der Waals surface area contributed by atoms with E-state index in [1.807, 2.05) is 24.3 Å². The van der Waals surface area contributed by atoms with Crippen LogP contribution in [0.2, 0.25) is 5.02 Å². The number of carbonyl (C=O) groups is 1. The highest BCUT2D eigenvalue weighted by molar-refractivity contribution is 6.31. The molecule has 3 aromatic carbocycles. The third kappa shape index (κ3) is 3.73. The second-order valence-electron chi connectivity index (χ2n) is 6.56. The number of aromatic nitrogens is 1. The van der Waals surface area contributed by atoms with Crippen LogP contribution in [0.1, 0.15) is 12.5 Å². The molecule has 140 valence electrons. The number of fused-ring (bicyclic) bond motifs is 1. The first-order chi connectivity index (χ1) is 13.6. The van der Waals surface area contributed by atoms with E-state index in [1.54, 1.807) is 24.3 Å². The zero-order valence-corrected chi connectivity index (χ0v) is 16.2. The molecule has 0 atom stereocenters. The van der Waals surface area contributed by atoms with Crippen molar-refractivity contribution in [2.45, 2.75) is 13.3 Å². The average molecular weight is 390 g/mol. The summed E-state index contributed by atoms with van der Waals surface area (Å²) in [6.45, 7) is 2.13. The molecule has 0 saturated heterocycles. The topological polar surface area (TPSA) is 56.9 Å². The Morgan fingerprint density at radius 3 is 2.50 bits per heavy atom. The van der Waals surface area contributed by atoms with Crippen molar-refractivity contribution < 1.29 is 4.79 Å². The summed E-state index contributed by atoms with van der Waals surface area (Å²) in [4.78, 5) is 16.1. The Balaban J connectivity index is 1.69. The van der Waals surface area contributed by atoms with Crippen LogP contribution in [0.25, 0.3) is 22.2 Å². The van der Waals surface area contributed by atoms with Crippen LogP contribution in [0.5, 0.6) is 0 Å². The number of aryl methyl sites for hydroxylation is 1. The van der Waals surface area contributed by atoms with Gasteiger partial charge >= 0.3 is 6.03 Å². The van der Waals surface area contributed by atoms with Crippen molar-refractivity contribution in [3.05, 3.63) is 83.4 Å². The molecule has 28 heavy (non-hydrogen) atoms. The minimum absolute atomic E-state index is 0.321. The highest BCUT2D eigenvalue weighted by atomic mass is 35.5. The number of aromatic amines is 1. The van der Waals surface area contributed by atoms with Gasteiger partial charge in [0.2, 0.25) is 0 Å². The number of halogens is 1. The first-order valence-electron chi connectivity index (χ1n) is 9.17. The van der Waals surface area contributed by atoms with E-state index in [0.29, 0.717) is 10.7 Å². The standard InChI is InChI=1S/C23H20ClN3O/c1-2-15-10-12-16(13-11-15)21-22(19-8-3-4-9-20(19)26-21)27-23(28)25-18-7-5-6-17(24)14-18/h3-14,26H,2H2,1H3,(H2,25,27,28). The molecule has 3 N–H and O–H groups in total. The van der Waals surface area contributed by atoms with Crippen molar-refractivity contribution in [1.29, 1.82) is 0 Å². The van der Waals surface area contributed by atoms with E-state index in [4.69, 9.17) is 11.6 Å². The largest absolute Gasteiger partial charge is 0.353 e. The lowest BCUT2D eigenvalue weighted by atomic mass is 10.1. The fourth-order valence-electron chi connectivity index (χ4n) is 3.24. The van der Waals surface area contributed by atoms with E-state index < -0.39 is 0 Å². The van der Waals surface area contributed by atoms with Crippen molar-refractivity contribution in [3.63, 3.8) is 0 Å². The summed E-state index contributed by atoms with van der Waals surface area (Å²) in [5.74, 6) is 0. The van der Waals surface area contributed by atoms with Crippen LogP contribution in [-0.4, -0.2) is 11.0 Å². The summed E-state index contributed by atoms with van der Waals surface area (Å²) >= 11 is 6.00. The summed E-state index contributed by atoms with van der Waals surface area (Å²) in [6.07, 6.45) is 0.986. The lowest BCUT2D eigenvalue weighted by Crippen LogP contribution is -2.19. The van der Waals surface area contributed by atoms with Gasteiger partial charge in [-0.25, -0.2) is 4.79 Å². The van der Waals surface area contributed by atoms with Gasteiger partial charge in [-0.1, -0.05) is 67.1 Å². The second-order valence-corrected chi connectivity index (χ2v) is 7.00. The van der Waals surface area contributed by atoms with Gasteiger partial charge in [0, 0.05) is 27.2 Å². The highest BCUT2D eigenvalue weighted by Crippen LogP contribution is 2.35. The van der Waals surface area contributed by atoms with Crippen molar-refractivity contribution in [3.8, 4) is 11.3 Å². The lowest BCUT2D eigenvalue weighted by molar-refractivity contribution is 0.262. The Morgan fingerprint density at radius 1 is 0.964 bits per heavy atom. The molecule has 5 heteroatoms. The highest BCUT2D eigenvalue weighted by Gasteiger charge is 2.15. The maximum Gasteiger partial charge on any atom is 0.323 e. The molecule has 4 nitrogen and oxygen atoms in total. The Morgan fingerprint density at radius 2 is 1.75 bits per heavy atom. The molecule has 0 unspecified atom stereocenters. The number of para-hydroxylation sites is 1. The Kier molecular flexibility index (Phi) is 5.04. The maximum absolute atomic E-state index is 12.6. The van der Waals surface area contributed by atoms with Gasteiger partial charge in [-0.2, -0.15) is 0 Å². The van der Waals surface area contributed by atoms with Gasteiger partial charge in [0.1, 0.15) is 0 Å². The summed E-state index contributed by atoms with van der Waals surface area (Å²) in [7, 11) is 0. The van der Waals surface area contributed by atoms with E-state index in [-0.39, 0.29) is 6.03 Å². The Labute approximate surface area is 168 Å². The van der Waals surface area contributed by atoms with E-state index in [9.17, 15) is 4.79 Å². The lowest BCUT2D eigenvalue weighted by Gasteiger charge is -2.10. The number of benzene rings is 3. The van der Waals surface area contributed by atoms with E-state index >= 15 is 0 Å². The molecule has 0 aliphatic carbocycles. The number of hydrogen-bond donors (Lipinski definition) is 3. The number of rotatable bonds is 4. The van der Waals surface area contributed by atoms with Gasteiger partial charge in [-0.15, -0.1) is 0 Å². The predicted octanol–water partition coefficient (Wildman–Crippen LogP) is 6.69. The monoisotopic (exact) mass is 389 g/mol. The quantitative estimate of drug-likeness (QED) is 0.357. The third-order valence-electron chi connectivity index (χ3n) is 4.68. The molecule has 0 aliphatic heterocycles. The number of amides is 2. The minimum atomic E-state index is -0.321. The smallest absolute Gasteiger partial charge is 0.323 e. The van der Waals surface area contributed by atoms with Crippen LogP contribution in [0.4, 0.5) is 16.2 Å². The molecule has 4 rings (SSSR count). The fraction of sp³-hybridized carbons (Fsp3) is 0.0870. The zero-order chi connectivity index (χ0) is 19.5. The van der Waals surface area contributed by atoms with Gasteiger partial charge in [0.25, 0.3) is 0 Å². The van der Waals surface area contributed by atoms with Gasteiger partial charge in [0.05, 0.1) is 11.4 Å². The van der Waals surface area contributed by atoms with Crippen LogP contribution >= 0.6 is 11.6 Å². The molecule has 0 radical (unpaired) electrons. The van der Waals surface area contributed by atoms with E-state index in [0.717, 1.165) is 34.3 Å². The minimum Gasteiger partial charge on any atom is -0.353 e. The molecule has 0 saturated carbocycles. The van der Waals surface area contributed by atoms with Crippen molar-refractivity contribution in [2.75, 3.05) is 10.6 Å². The molecule has 0 aliphatic rings. The summed E-state index contributed by atoms with van der Waals surface area (Å²) in [5.41, 5.74) is 5.53. The van der Waals surface area contributed by atoms with Crippen molar-refractivity contribution in [1.82, 2.24) is 4.98 Å². The normalized spacial score (nSPS) is 10.8. The summed E-state index contributed by atoms with van der Waals surface area (Å²) in [6, 6.07) is 23.0. The molecule has 1 heterocycles. The zero-order valence-electron chi connectivity index (χ0n) is 15.4. The number of urea groups is 1. The average Bonchev–Trinajstić information content (AvgIpc) is 3.06. The summed E-state index contributed by atoms with van der Waals surface area (Å²) in [5, 5.41) is 7.37. The molecule has 0 bridgehead atoms. The van der Waals surface area contributed by atoms with Crippen LogP contribution < -0.4 is 10.6 Å². The van der Waals surface area contributed by atoms with Gasteiger partial charge in [0.15, 0.2) is 0 Å². The van der Waals surface area contributed by atoms with Crippen LogP contribution in [-0.2, 0) is 6.42 Å². The molecular formula is C23H20ClN3O. The first kappa shape index (κ1) is 18.1. The Bertz CT molecular complexity index is 1130. The molecular weight excluding hydrogens is 370 g/mol. The Hall–Kier alpha value is -3.24. The molecule has 1 aromatic heterocycles. The number of anilines is 2. The number of H-pyrrole nitrogens is 1. The maximum atomic E-state index is 12.6. The van der Waals surface area contributed by atoms with E-state index in [1.165, 1.54) is 5.56 Å². The van der Waals surface area contributed by atoms with Gasteiger partial charge < -0.3 is 15.6 Å². The van der Waals surface area contributed by atoms with Crippen molar-refractivity contribution >= 4 is 39.9 Å². The van der Waals surface area contributed by atoms with Crippen LogP contribution in [0.15, 0.2) is 72.8 Å². The first-order valence-corrected chi connectivity index (χ1v) is 9.55. The van der Waals surface area contributed by atoms with Crippen LogP contribution in [0.3, 0.4) is 0 Å². The third-order valence-corrected chi connectivity index (χ3v) is 4.91.